The van der Waals surface area contributed by atoms with Crippen LogP contribution in [0, 0.1) is 0 Å². The van der Waals surface area contributed by atoms with Crippen molar-refractivity contribution in [3.05, 3.63) is 35.2 Å². The summed E-state index contributed by atoms with van der Waals surface area (Å²) < 4.78 is 5.86. The molecule has 26 heavy (non-hydrogen) atoms. The molecule has 0 radical (unpaired) electrons. The van der Waals surface area contributed by atoms with Gasteiger partial charge in [-0.25, -0.2) is 4.79 Å². The van der Waals surface area contributed by atoms with E-state index in [0.29, 0.717) is 12.3 Å². The van der Waals surface area contributed by atoms with E-state index in [1.807, 2.05) is 24.3 Å². The second-order valence-corrected chi connectivity index (χ2v) is 7.18. The van der Waals surface area contributed by atoms with Gasteiger partial charge in [0.15, 0.2) is 0 Å². The van der Waals surface area contributed by atoms with Gasteiger partial charge in [0, 0.05) is 11.4 Å². The Kier molecular flexibility index (Phi) is 5.75. The maximum absolute atomic E-state index is 11.6. The van der Waals surface area contributed by atoms with Crippen molar-refractivity contribution in [2.75, 3.05) is 31.6 Å². The Morgan fingerprint density at radius 1 is 1.19 bits per heavy atom. The van der Waals surface area contributed by atoms with Crippen LogP contribution in [0.25, 0.3) is 10.4 Å². The number of amides is 3. The predicted octanol–water partition coefficient (Wildman–Crippen LogP) is 2.48. The molecule has 0 unspecified atom stereocenters. The molecule has 1 aliphatic rings. The molecule has 1 aliphatic heterocycles. The van der Waals surface area contributed by atoms with Crippen LogP contribution in [0.15, 0.2) is 30.3 Å². The van der Waals surface area contributed by atoms with Gasteiger partial charge in [0.1, 0.15) is 17.2 Å². The molecule has 0 aliphatic carbocycles. The molecule has 1 aromatic heterocycles. The standard InChI is InChI=1S/C18H22N4O3S/c19-17(23)16-14(21-18(20)24)11-15(26-16)12-4-3-5-13(10-12)25-9-8-22-6-1-2-7-22/h3-5,10-11H,1-2,6-9H2,(H2,19,23)(H3,20,21,24). The fourth-order valence-electron chi connectivity index (χ4n) is 2.98. The normalized spacial score (nSPS) is 14.3. The first-order valence-corrected chi connectivity index (χ1v) is 9.30. The fourth-order valence-corrected chi connectivity index (χ4v) is 3.94. The molecular formula is C18H22N4O3S. The number of nitrogens with two attached hydrogens (primary N) is 2. The molecule has 138 valence electrons. The summed E-state index contributed by atoms with van der Waals surface area (Å²) in [6.45, 7) is 3.84. The van der Waals surface area contributed by atoms with E-state index >= 15 is 0 Å². The molecular weight excluding hydrogens is 352 g/mol. The first-order valence-electron chi connectivity index (χ1n) is 8.48. The lowest BCUT2D eigenvalue weighted by molar-refractivity contribution is 0.100. The number of likely N-dealkylation sites (tertiary alicyclic amines) is 1. The van der Waals surface area contributed by atoms with Crippen LogP contribution in [-0.4, -0.2) is 43.1 Å². The minimum absolute atomic E-state index is 0.263. The number of anilines is 1. The molecule has 8 heteroatoms. The highest BCUT2D eigenvalue weighted by molar-refractivity contribution is 7.18. The Balaban J connectivity index is 1.72. The summed E-state index contributed by atoms with van der Waals surface area (Å²) in [4.78, 5) is 26.2. The van der Waals surface area contributed by atoms with Crippen molar-refractivity contribution in [3.63, 3.8) is 0 Å². The maximum Gasteiger partial charge on any atom is 0.316 e. The molecule has 2 aromatic rings. The first kappa shape index (κ1) is 18.2. The van der Waals surface area contributed by atoms with Crippen molar-refractivity contribution >= 4 is 29.0 Å². The summed E-state index contributed by atoms with van der Waals surface area (Å²) in [7, 11) is 0. The summed E-state index contributed by atoms with van der Waals surface area (Å²) in [5, 5.41) is 2.44. The average molecular weight is 374 g/mol. The van der Waals surface area contributed by atoms with Crippen LogP contribution >= 0.6 is 11.3 Å². The van der Waals surface area contributed by atoms with E-state index in [1.165, 1.54) is 24.2 Å². The number of nitrogens with one attached hydrogen (secondary N) is 1. The van der Waals surface area contributed by atoms with Crippen molar-refractivity contribution in [3.8, 4) is 16.2 Å². The number of carbonyl (C=O) groups is 2. The Morgan fingerprint density at radius 3 is 2.65 bits per heavy atom. The number of nitrogens with zero attached hydrogens (tertiary/aromatic N) is 1. The summed E-state index contributed by atoms with van der Waals surface area (Å²) in [5.41, 5.74) is 11.7. The molecule has 0 saturated carbocycles. The third-order valence-electron chi connectivity index (χ3n) is 4.21. The Bertz CT molecular complexity index is 799. The third-order valence-corrected chi connectivity index (χ3v) is 5.41. The molecule has 1 aromatic carbocycles. The zero-order valence-electron chi connectivity index (χ0n) is 14.4. The molecule has 3 amide bonds. The largest absolute Gasteiger partial charge is 0.492 e. The number of hydrogen-bond donors (Lipinski definition) is 3. The number of benzene rings is 1. The number of ether oxygens (including phenoxy) is 1. The zero-order chi connectivity index (χ0) is 18.5. The molecule has 3 rings (SSSR count). The number of hydrogen-bond acceptors (Lipinski definition) is 5. The van der Waals surface area contributed by atoms with Crippen LogP contribution in [0.5, 0.6) is 5.75 Å². The van der Waals surface area contributed by atoms with Crippen LogP contribution in [0.4, 0.5) is 10.5 Å². The van der Waals surface area contributed by atoms with E-state index < -0.39 is 11.9 Å². The average Bonchev–Trinajstić information content (AvgIpc) is 3.24. The van der Waals surface area contributed by atoms with Gasteiger partial charge >= 0.3 is 6.03 Å². The van der Waals surface area contributed by atoms with Gasteiger partial charge in [-0.2, -0.15) is 0 Å². The molecule has 7 nitrogen and oxygen atoms in total. The SMILES string of the molecule is NC(=O)Nc1cc(-c2cccc(OCCN3CCCC3)c2)sc1C(N)=O. The fraction of sp³-hybridized carbons (Fsp3) is 0.333. The Morgan fingerprint density at radius 2 is 1.96 bits per heavy atom. The summed E-state index contributed by atoms with van der Waals surface area (Å²) in [6.07, 6.45) is 2.52. The van der Waals surface area contributed by atoms with Crippen LogP contribution in [0.2, 0.25) is 0 Å². The topological polar surface area (TPSA) is 111 Å². The van der Waals surface area contributed by atoms with Gasteiger partial charge in [-0.3, -0.25) is 9.69 Å². The number of urea groups is 1. The highest BCUT2D eigenvalue weighted by atomic mass is 32.1. The Labute approximate surface area is 155 Å². The van der Waals surface area contributed by atoms with E-state index in [9.17, 15) is 9.59 Å². The summed E-state index contributed by atoms with van der Waals surface area (Å²) in [6, 6.07) is 8.58. The quantitative estimate of drug-likeness (QED) is 0.691. The van der Waals surface area contributed by atoms with Crippen molar-refractivity contribution in [2.24, 2.45) is 11.5 Å². The zero-order valence-corrected chi connectivity index (χ0v) is 15.2. The van der Waals surface area contributed by atoms with E-state index in [2.05, 4.69) is 10.2 Å². The number of primary amides is 2. The van der Waals surface area contributed by atoms with Crippen molar-refractivity contribution in [1.82, 2.24) is 4.90 Å². The molecule has 1 saturated heterocycles. The lowest BCUT2D eigenvalue weighted by Crippen LogP contribution is -2.25. The number of thiophene rings is 1. The molecule has 0 atom stereocenters. The van der Waals surface area contributed by atoms with E-state index in [4.69, 9.17) is 16.2 Å². The van der Waals surface area contributed by atoms with Gasteiger partial charge in [-0.05, 0) is 49.7 Å². The van der Waals surface area contributed by atoms with Crippen LogP contribution < -0.4 is 21.5 Å². The van der Waals surface area contributed by atoms with Crippen molar-refractivity contribution in [2.45, 2.75) is 12.8 Å². The highest BCUT2D eigenvalue weighted by Crippen LogP contribution is 2.35. The van der Waals surface area contributed by atoms with Gasteiger partial charge in [0.2, 0.25) is 0 Å². The van der Waals surface area contributed by atoms with E-state index in [-0.39, 0.29) is 4.88 Å². The van der Waals surface area contributed by atoms with Gasteiger partial charge in [0.05, 0.1) is 5.69 Å². The maximum atomic E-state index is 11.6. The van der Waals surface area contributed by atoms with E-state index in [1.54, 1.807) is 6.07 Å². The molecule has 1 fully saturated rings. The van der Waals surface area contributed by atoms with Crippen LogP contribution in [-0.2, 0) is 0 Å². The Hall–Kier alpha value is -2.58. The minimum Gasteiger partial charge on any atom is -0.492 e. The molecule has 0 bridgehead atoms. The van der Waals surface area contributed by atoms with Gasteiger partial charge in [-0.1, -0.05) is 12.1 Å². The van der Waals surface area contributed by atoms with Gasteiger partial charge < -0.3 is 21.5 Å². The second-order valence-electron chi connectivity index (χ2n) is 6.13. The van der Waals surface area contributed by atoms with Gasteiger partial charge in [-0.15, -0.1) is 11.3 Å². The smallest absolute Gasteiger partial charge is 0.316 e. The highest BCUT2D eigenvalue weighted by Gasteiger charge is 2.16. The van der Waals surface area contributed by atoms with Gasteiger partial charge in [0.25, 0.3) is 5.91 Å². The second kappa shape index (κ2) is 8.20. The third kappa shape index (κ3) is 4.53. The minimum atomic E-state index is -0.740. The monoisotopic (exact) mass is 374 g/mol. The van der Waals surface area contributed by atoms with Crippen LogP contribution in [0.1, 0.15) is 22.5 Å². The van der Waals surface area contributed by atoms with E-state index in [0.717, 1.165) is 35.8 Å². The lowest BCUT2D eigenvalue weighted by Gasteiger charge is -2.15. The van der Waals surface area contributed by atoms with Crippen molar-refractivity contribution in [1.29, 1.82) is 0 Å². The summed E-state index contributed by atoms with van der Waals surface area (Å²) >= 11 is 1.21. The van der Waals surface area contributed by atoms with Crippen molar-refractivity contribution < 1.29 is 14.3 Å². The molecule has 2 heterocycles. The number of rotatable bonds is 7. The molecule has 5 N–H and O–H groups in total. The number of carbonyl (C=O) groups excluding carboxylic acids is 2. The van der Waals surface area contributed by atoms with Crippen LogP contribution in [0.3, 0.4) is 0 Å². The lowest BCUT2D eigenvalue weighted by atomic mass is 10.1. The molecule has 0 spiro atoms. The summed E-state index contributed by atoms with van der Waals surface area (Å²) in [5.74, 6) is 0.156. The first-order chi connectivity index (χ1) is 12.5. The predicted molar refractivity (Wildman–Crippen MR) is 103 cm³/mol.